The number of hydrogen-bond donors (Lipinski definition) is 0. The Bertz CT molecular complexity index is 662. The predicted octanol–water partition coefficient (Wildman–Crippen LogP) is 7.20. The molecule has 2 aromatic carbocycles. The lowest BCUT2D eigenvalue weighted by Gasteiger charge is -2.17. The molecule has 0 aliphatic carbocycles. The Hall–Kier alpha value is -2.00. The van der Waals surface area contributed by atoms with Crippen LogP contribution in [0.1, 0.15) is 65.2 Å². The van der Waals surface area contributed by atoms with Crippen molar-refractivity contribution in [1.82, 2.24) is 4.90 Å². The minimum Gasteiger partial charge on any atom is -0.497 e. The van der Waals surface area contributed by atoms with E-state index in [0.717, 1.165) is 24.5 Å². The van der Waals surface area contributed by atoms with Gasteiger partial charge in [0.05, 0.1) is 13.7 Å². The standard InChI is InChI=1S/C27H41NO2/c1-4-28(5-2)22-12-10-8-6-7-9-11-13-23-30-27-20-16-25(17-21-27)24-14-18-26(29-3)19-15-24/h14-21H,4-13,22-23H2,1-3H3. The first kappa shape index (κ1) is 24.3. The van der Waals surface area contributed by atoms with E-state index in [0.29, 0.717) is 0 Å². The third-order valence-corrected chi connectivity index (χ3v) is 5.81. The molecule has 0 aliphatic rings. The lowest BCUT2D eigenvalue weighted by molar-refractivity contribution is 0.294. The van der Waals surface area contributed by atoms with Crippen molar-refractivity contribution in [1.29, 1.82) is 0 Å². The Kier molecular flexibility index (Phi) is 12.1. The molecule has 0 N–H and O–H groups in total. The van der Waals surface area contributed by atoms with Gasteiger partial charge in [-0.05, 0) is 67.9 Å². The molecule has 0 unspecified atom stereocenters. The zero-order chi connectivity index (χ0) is 21.4. The number of benzene rings is 2. The second kappa shape index (κ2) is 14.9. The topological polar surface area (TPSA) is 21.7 Å². The lowest BCUT2D eigenvalue weighted by Crippen LogP contribution is -2.23. The summed E-state index contributed by atoms with van der Waals surface area (Å²) < 4.78 is 11.1. The van der Waals surface area contributed by atoms with Gasteiger partial charge in [0.15, 0.2) is 0 Å². The summed E-state index contributed by atoms with van der Waals surface area (Å²) in [7, 11) is 1.69. The molecule has 0 spiro atoms. The van der Waals surface area contributed by atoms with E-state index in [1.807, 2.05) is 12.1 Å². The SMILES string of the molecule is CCN(CC)CCCCCCCCCCOc1ccc(-c2ccc(OC)cc2)cc1. The smallest absolute Gasteiger partial charge is 0.119 e. The van der Waals surface area contributed by atoms with E-state index in [9.17, 15) is 0 Å². The molecule has 0 saturated carbocycles. The van der Waals surface area contributed by atoms with Crippen molar-refractivity contribution in [2.75, 3.05) is 33.4 Å². The summed E-state index contributed by atoms with van der Waals surface area (Å²) >= 11 is 0. The minimum atomic E-state index is 0.811. The predicted molar refractivity (Wildman–Crippen MR) is 129 cm³/mol. The van der Waals surface area contributed by atoms with Crippen LogP contribution in [-0.2, 0) is 0 Å². The molecule has 2 rings (SSSR count). The van der Waals surface area contributed by atoms with Crippen molar-refractivity contribution in [3.05, 3.63) is 48.5 Å². The van der Waals surface area contributed by atoms with Gasteiger partial charge in [0.1, 0.15) is 11.5 Å². The minimum absolute atomic E-state index is 0.811. The Morgan fingerprint density at radius 1 is 0.600 bits per heavy atom. The third-order valence-electron chi connectivity index (χ3n) is 5.81. The largest absolute Gasteiger partial charge is 0.497 e. The first-order valence-electron chi connectivity index (χ1n) is 11.9. The van der Waals surface area contributed by atoms with Crippen LogP contribution in [0.25, 0.3) is 11.1 Å². The second-order valence-electron chi connectivity index (χ2n) is 7.96. The molecule has 0 bridgehead atoms. The summed E-state index contributed by atoms with van der Waals surface area (Å²) in [5, 5.41) is 0. The molecule has 30 heavy (non-hydrogen) atoms. The first-order valence-corrected chi connectivity index (χ1v) is 11.9. The van der Waals surface area contributed by atoms with Crippen LogP contribution in [0, 0.1) is 0 Å². The Labute approximate surface area is 184 Å². The van der Waals surface area contributed by atoms with Crippen LogP contribution in [0.5, 0.6) is 11.5 Å². The highest BCUT2D eigenvalue weighted by atomic mass is 16.5. The molecule has 3 nitrogen and oxygen atoms in total. The fraction of sp³-hybridized carbons (Fsp3) is 0.556. The van der Waals surface area contributed by atoms with Gasteiger partial charge >= 0.3 is 0 Å². The van der Waals surface area contributed by atoms with Crippen molar-refractivity contribution in [2.45, 2.75) is 65.2 Å². The summed E-state index contributed by atoms with van der Waals surface area (Å²) in [5.74, 6) is 1.84. The molecule has 0 aliphatic heterocycles. The number of nitrogens with zero attached hydrogens (tertiary/aromatic N) is 1. The quantitative estimate of drug-likeness (QED) is 0.273. The van der Waals surface area contributed by atoms with Crippen LogP contribution in [0.4, 0.5) is 0 Å². The molecular weight excluding hydrogens is 370 g/mol. The van der Waals surface area contributed by atoms with Crippen LogP contribution in [-0.4, -0.2) is 38.3 Å². The van der Waals surface area contributed by atoms with Crippen LogP contribution in [0.15, 0.2) is 48.5 Å². The molecule has 0 amide bonds. The van der Waals surface area contributed by atoms with Gasteiger partial charge in [0.2, 0.25) is 0 Å². The summed E-state index contributed by atoms with van der Waals surface area (Å²) in [6, 6.07) is 16.5. The van der Waals surface area contributed by atoms with E-state index in [-0.39, 0.29) is 0 Å². The molecule has 0 atom stereocenters. The summed E-state index contributed by atoms with van der Waals surface area (Å²) in [6.07, 6.45) is 10.6. The third kappa shape index (κ3) is 9.21. The maximum absolute atomic E-state index is 5.91. The van der Waals surface area contributed by atoms with Crippen LogP contribution in [0.3, 0.4) is 0 Å². The van der Waals surface area contributed by atoms with Crippen molar-refractivity contribution >= 4 is 0 Å². The molecule has 2 aromatic rings. The van der Waals surface area contributed by atoms with Gasteiger partial charge in [0, 0.05) is 0 Å². The maximum atomic E-state index is 5.91. The molecule has 0 aromatic heterocycles. The normalized spacial score (nSPS) is 11.1. The van der Waals surface area contributed by atoms with Crippen molar-refractivity contribution in [3.8, 4) is 22.6 Å². The summed E-state index contributed by atoms with van der Waals surface area (Å²) in [6.45, 7) is 8.96. The second-order valence-corrected chi connectivity index (χ2v) is 7.96. The molecule has 0 radical (unpaired) electrons. The van der Waals surface area contributed by atoms with E-state index < -0.39 is 0 Å². The van der Waals surface area contributed by atoms with Gasteiger partial charge in [-0.15, -0.1) is 0 Å². The highest BCUT2D eigenvalue weighted by Crippen LogP contribution is 2.24. The van der Waals surface area contributed by atoms with Crippen LogP contribution < -0.4 is 9.47 Å². The number of hydrogen-bond acceptors (Lipinski definition) is 3. The van der Waals surface area contributed by atoms with Crippen LogP contribution >= 0.6 is 0 Å². The van der Waals surface area contributed by atoms with Crippen molar-refractivity contribution in [3.63, 3.8) is 0 Å². The van der Waals surface area contributed by atoms with Gasteiger partial charge in [-0.1, -0.05) is 76.6 Å². The monoisotopic (exact) mass is 411 g/mol. The van der Waals surface area contributed by atoms with E-state index in [2.05, 4.69) is 55.1 Å². The molecule has 0 heterocycles. The average Bonchev–Trinajstić information content (AvgIpc) is 2.80. The molecular formula is C27H41NO2. The van der Waals surface area contributed by atoms with E-state index in [4.69, 9.17) is 9.47 Å². The van der Waals surface area contributed by atoms with Gasteiger partial charge in [-0.3, -0.25) is 0 Å². The highest BCUT2D eigenvalue weighted by molar-refractivity contribution is 5.64. The molecule has 0 saturated heterocycles. The number of ether oxygens (including phenoxy) is 2. The molecule has 3 heteroatoms. The van der Waals surface area contributed by atoms with Crippen molar-refractivity contribution in [2.24, 2.45) is 0 Å². The van der Waals surface area contributed by atoms with Crippen molar-refractivity contribution < 1.29 is 9.47 Å². The fourth-order valence-electron chi connectivity index (χ4n) is 3.76. The Morgan fingerprint density at radius 3 is 1.57 bits per heavy atom. The number of unbranched alkanes of at least 4 members (excludes halogenated alkanes) is 7. The van der Waals surface area contributed by atoms with Crippen LogP contribution in [0.2, 0.25) is 0 Å². The zero-order valence-electron chi connectivity index (χ0n) is 19.4. The Morgan fingerprint density at radius 2 is 1.07 bits per heavy atom. The van der Waals surface area contributed by atoms with Gasteiger partial charge in [-0.2, -0.15) is 0 Å². The summed E-state index contributed by atoms with van der Waals surface area (Å²) in [5.41, 5.74) is 2.39. The zero-order valence-corrected chi connectivity index (χ0v) is 19.4. The average molecular weight is 412 g/mol. The van der Waals surface area contributed by atoms with E-state index >= 15 is 0 Å². The van der Waals surface area contributed by atoms with E-state index in [1.165, 1.54) is 75.7 Å². The first-order chi connectivity index (χ1) is 14.8. The van der Waals surface area contributed by atoms with Gasteiger partial charge < -0.3 is 14.4 Å². The maximum Gasteiger partial charge on any atom is 0.119 e. The lowest BCUT2D eigenvalue weighted by atomic mass is 10.1. The number of rotatable bonds is 16. The van der Waals surface area contributed by atoms with Gasteiger partial charge in [0.25, 0.3) is 0 Å². The molecule has 166 valence electrons. The fourth-order valence-corrected chi connectivity index (χ4v) is 3.76. The molecule has 0 fully saturated rings. The van der Waals surface area contributed by atoms with Gasteiger partial charge in [-0.25, -0.2) is 0 Å². The highest BCUT2D eigenvalue weighted by Gasteiger charge is 2.01. The number of methoxy groups -OCH3 is 1. The van der Waals surface area contributed by atoms with E-state index in [1.54, 1.807) is 7.11 Å². The Balaban J connectivity index is 1.50. The summed E-state index contributed by atoms with van der Waals surface area (Å²) in [4.78, 5) is 2.52.